The average molecular weight is 739 g/mol. The van der Waals surface area contributed by atoms with Gasteiger partial charge in [-0.1, -0.05) is 53.5 Å². The number of ether oxygens (including phenoxy) is 2. The summed E-state index contributed by atoms with van der Waals surface area (Å²) < 4.78 is 74.6. The van der Waals surface area contributed by atoms with Crippen LogP contribution in [0.5, 0.6) is 5.88 Å². The summed E-state index contributed by atoms with van der Waals surface area (Å²) in [6.45, 7) is 0.591. The molecular formula is C34H32Cl2F3N3O6S. The smallest absolute Gasteiger partial charge is 0.481 e. The summed E-state index contributed by atoms with van der Waals surface area (Å²) in [4.78, 5) is 16.1. The molecule has 260 valence electrons. The predicted octanol–water partition coefficient (Wildman–Crippen LogP) is 7.14. The van der Waals surface area contributed by atoms with E-state index in [1.807, 2.05) is 0 Å². The van der Waals surface area contributed by atoms with Crippen LogP contribution in [0.1, 0.15) is 42.0 Å². The summed E-state index contributed by atoms with van der Waals surface area (Å²) in [6, 6.07) is 18.1. The number of methoxy groups -OCH3 is 1. The molecule has 2 heterocycles. The van der Waals surface area contributed by atoms with Crippen molar-refractivity contribution in [1.29, 1.82) is 0 Å². The normalized spacial score (nSPS) is 15.1. The van der Waals surface area contributed by atoms with Crippen molar-refractivity contribution in [3.8, 4) is 5.88 Å². The highest BCUT2D eigenvalue weighted by Crippen LogP contribution is 2.42. The van der Waals surface area contributed by atoms with Crippen LogP contribution in [0.25, 0.3) is 17.0 Å². The molecule has 15 heteroatoms. The van der Waals surface area contributed by atoms with Crippen molar-refractivity contribution in [1.82, 2.24) is 9.29 Å². The lowest BCUT2D eigenvalue weighted by Crippen LogP contribution is -2.47. The number of aliphatic hydroxyl groups is 1. The minimum Gasteiger partial charge on any atom is -0.481 e. The van der Waals surface area contributed by atoms with E-state index in [9.17, 15) is 31.5 Å². The molecule has 0 amide bonds. The lowest BCUT2D eigenvalue weighted by atomic mass is 9.79. The fourth-order valence-electron chi connectivity index (χ4n) is 5.72. The zero-order chi connectivity index (χ0) is 35.6. The number of benzene rings is 3. The lowest BCUT2D eigenvalue weighted by Gasteiger charge is -2.33. The Hall–Kier alpha value is -3.88. The maximum atomic E-state index is 13.2. The van der Waals surface area contributed by atoms with E-state index in [-0.39, 0.29) is 38.4 Å². The number of fused-ring (bicyclic) bond motifs is 1. The Kier molecular flexibility index (Phi) is 10.8. The van der Waals surface area contributed by atoms with Crippen molar-refractivity contribution in [2.24, 2.45) is 0 Å². The van der Waals surface area contributed by atoms with E-state index in [0.717, 1.165) is 0 Å². The standard InChI is InChI=1S/C34H32Cl2F3N3O6S/c1-21(43)48-17-3-4-22-18-25(33(44,23-5-9-26(35)10-6-23)24-7-11-27(36)12-8-24)19-29-30(20-31(47-2)41-32(22)29)40-28-13-15-42(16-14-28)49(45,46)34(37,38)39/h3-12,18-20,28,44H,13-17H2,1-2H3,(H,40,41)/b4-3+. The van der Waals surface area contributed by atoms with Crippen molar-refractivity contribution in [2.75, 3.05) is 32.1 Å². The third kappa shape index (κ3) is 7.81. The molecule has 4 aromatic rings. The molecule has 0 spiro atoms. The van der Waals surface area contributed by atoms with Gasteiger partial charge in [0.25, 0.3) is 0 Å². The second-order valence-corrected chi connectivity index (χ2v) is 14.2. The van der Waals surface area contributed by atoms with Crippen molar-refractivity contribution in [2.45, 2.75) is 36.9 Å². The maximum absolute atomic E-state index is 13.2. The van der Waals surface area contributed by atoms with Gasteiger partial charge in [0.2, 0.25) is 5.88 Å². The highest BCUT2D eigenvalue weighted by molar-refractivity contribution is 7.90. The number of carbonyl (C=O) groups excluding carboxylic acids is 1. The van der Waals surface area contributed by atoms with Crippen LogP contribution < -0.4 is 10.1 Å². The number of nitrogens with one attached hydrogen (secondary N) is 1. The highest BCUT2D eigenvalue weighted by atomic mass is 35.5. The van der Waals surface area contributed by atoms with Crippen LogP contribution in [-0.4, -0.2) is 67.1 Å². The van der Waals surface area contributed by atoms with Gasteiger partial charge in [-0.3, -0.25) is 4.79 Å². The molecule has 1 aliphatic heterocycles. The van der Waals surface area contributed by atoms with Crippen LogP contribution in [-0.2, 0) is 25.2 Å². The lowest BCUT2D eigenvalue weighted by molar-refractivity contribution is -0.139. The zero-order valence-electron chi connectivity index (χ0n) is 26.3. The second-order valence-electron chi connectivity index (χ2n) is 11.4. The minimum atomic E-state index is -5.45. The van der Waals surface area contributed by atoms with Gasteiger partial charge in [0.1, 0.15) is 12.2 Å². The van der Waals surface area contributed by atoms with E-state index in [4.69, 9.17) is 32.7 Å². The SMILES string of the molecule is COc1cc(NC2CCN(S(=O)(=O)C(F)(F)F)CC2)c2cc(C(O)(c3ccc(Cl)cc3)c3ccc(Cl)cc3)cc(/C=C/COC(C)=O)c2n1. The topological polar surface area (TPSA) is 118 Å². The Balaban J connectivity index is 1.66. The molecule has 1 aromatic heterocycles. The molecule has 2 N–H and O–H groups in total. The van der Waals surface area contributed by atoms with E-state index >= 15 is 0 Å². The largest absolute Gasteiger partial charge is 0.511 e. The summed E-state index contributed by atoms with van der Waals surface area (Å²) in [5.74, 6) is -0.247. The van der Waals surface area contributed by atoms with E-state index in [1.165, 1.54) is 14.0 Å². The summed E-state index contributed by atoms with van der Waals surface area (Å²) in [5, 5.41) is 17.5. The van der Waals surface area contributed by atoms with Gasteiger partial charge in [-0.25, -0.2) is 13.4 Å². The number of pyridine rings is 1. The van der Waals surface area contributed by atoms with E-state index in [0.29, 0.717) is 53.2 Å². The molecule has 0 saturated carbocycles. The van der Waals surface area contributed by atoms with Crippen molar-refractivity contribution >= 4 is 61.9 Å². The molecule has 0 atom stereocenters. The molecule has 0 radical (unpaired) electrons. The quantitative estimate of drug-likeness (QED) is 0.130. The Labute approximate surface area is 291 Å². The number of hydrogen-bond donors (Lipinski definition) is 2. The first-order valence-electron chi connectivity index (χ1n) is 15.0. The molecule has 5 rings (SSSR count). The van der Waals surface area contributed by atoms with Gasteiger partial charge >= 0.3 is 21.5 Å². The molecule has 1 aliphatic rings. The van der Waals surface area contributed by atoms with Crippen molar-refractivity contribution in [3.63, 3.8) is 0 Å². The van der Waals surface area contributed by atoms with Crippen LogP contribution in [0.15, 0.2) is 72.8 Å². The number of hydrogen-bond acceptors (Lipinski definition) is 8. The first kappa shape index (κ1) is 36.4. The van der Waals surface area contributed by atoms with Crippen LogP contribution in [0.4, 0.5) is 18.9 Å². The van der Waals surface area contributed by atoms with Gasteiger partial charge in [0.15, 0.2) is 0 Å². The number of anilines is 1. The Morgan fingerprint density at radius 3 is 2.08 bits per heavy atom. The van der Waals surface area contributed by atoms with Gasteiger partial charge in [-0.05, 0) is 72.0 Å². The Bertz CT molecular complexity index is 1920. The van der Waals surface area contributed by atoms with E-state index in [2.05, 4.69) is 10.3 Å². The van der Waals surface area contributed by atoms with Gasteiger partial charge < -0.3 is 19.9 Å². The van der Waals surface area contributed by atoms with Gasteiger partial charge in [0, 0.05) is 58.8 Å². The summed E-state index contributed by atoms with van der Waals surface area (Å²) >= 11 is 12.4. The molecule has 0 unspecified atom stereocenters. The van der Waals surface area contributed by atoms with Gasteiger partial charge in [-0.15, -0.1) is 0 Å². The maximum Gasteiger partial charge on any atom is 0.511 e. The Morgan fingerprint density at radius 1 is 1.00 bits per heavy atom. The fraction of sp³-hybridized carbons (Fsp3) is 0.294. The highest BCUT2D eigenvalue weighted by Gasteiger charge is 2.50. The number of esters is 1. The molecule has 0 aliphatic carbocycles. The molecule has 3 aromatic carbocycles. The van der Waals surface area contributed by atoms with Crippen LogP contribution in [0.3, 0.4) is 0 Å². The Morgan fingerprint density at radius 2 is 1.57 bits per heavy atom. The molecule has 1 saturated heterocycles. The minimum absolute atomic E-state index is 0.0336. The number of sulfonamides is 1. The fourth-order valence-corrected chi connectivity index (χ4v) is 6.96. The summed E-state index contributed by atoms with van der Waals surface area (Å²) in [6.07, 6.45) is 3.50. The summed E-state index contributed by atoms with van der Waals surface area (Å²) in [5.41, 5.74) is -4.29. The van der Waals surface area contributed by atoms with Crippen LogP contribution in [0, 0.1) is 0 Å². The van der Waals surface area contributed by atoms with Gasteiger partial charge in [-0.2, -0.15) is 17.5 Å². The number of alkyl halides is 3. The number of rotatable bonds is 10. The number of aromatic nitrogens is 1. The number of nitrogens with zero attached hydrogens (tertiary/aromatic N) is 2. The summed E-state index contributed by atoms with van der Waals surface area (Å²) in [7, 11) is -4.02. The first-order chi connectivity index (χ1) is 23.1. The monoisotopic (exact) mass is 737 g/mol. The van der Waals surface area contributed by atoms with Crippen LogP contribution >= 0.6 is 23.2 Å². The molecular weight excluding hydrogens is 706 g/mol. The van der Waals surface area contributed by atoms with Crippen molar-refractivity contribution < 1.29 is 41.0 Å². The number of piperidine rings is 1. The third-order valence-corrected chi connectivity index (χ3v) is 10.3. The predicted molar refractivity (Wildman–Crippen MR) is 182 cm³/mol. The van der Waals surface area contributed by atoms with Gasteiger partial charge in [0.05, 0.1) is 12.6 Å². The van der Waals surface area contributed by atoms with Crippen molar-refractivity contribution in [3.05, 3.63) is 105 Å². The van der Waals surface area contributed by atoms with Crippen LogP contribution in [0.2, 0.25) is 10.0 Å². The second kappa shape index (κ2) is 14.5. The third-order valence-electron chi connectivity index (χ3n) is 8.20. The molecule has 49 heavy (non-hydrogen) atoms. The first-order valence-corrected chi connectivity index (χ1v) is 17.2. The van der Waals surface area contributed by atoms with E-state index in [1.54, 1.807) is 78.9 Å². The zero-order valence-corrected chi connectivity index (χ0v) is 28.6. The molecule has 9 nitrogen and oxygen atoms in total. The molecule has 1 fully saturated rings. The van der Waals surface area contributed by atoms with E-state index < -0.39 is 33.1 Å². The number of halogens is 5. The average Bonchev–Trinajstić information content (AvgIpc) is 3.06. The molecule has 0 bridgehead atoms. The number of carbonyl (C=O) groups is 1.